The Morgan fingerprint density at radius 2 is 2.23 bits per heavy atom. The maximum atomic E-state index is 9.70. The fourth-order valence-corrected chi connectivity index (χ4v) is 1.48. The first-order chi connectivity index (χ1) is 6.11. The zero-order valence-electron chi connectivity index (χ0n) is 8.53. The average Bonchev–Trinajstić information content (AvgIpc) is 2.39. The normalized spacial score (nSPS) is 13.0. The Morgan fingerprint density at radius 1 is 1.62 bits per heavy atom. The molecular weight excluding hydrogens is 168 g/mol. The summed E-state index contributed by atoms with van der Waals surface area (Å²) in [5.74, 6) is 0.645. The van der Waals surface area contributed by atoms with Gasteiger partial charge >= 0.3 is 0 Å². The first kappa shape index (κ1) is 10.1. The minimum absolute atomic E-state index is 0.483. The minimum atomic E-state index is -0.483. The van der Waals surface area contributed by atoms with Crippen molar-refractivity contribution in [2.24, 2.45) is 7.05 Å². The lowest BCUT2D eigenvalue weighted by atomic mass is 10.1. The summed E-state index contributed by atoms with van der Waals surface area (Å²) in [5, 5.41) is 13.9. The smallest absolute Gasteiger partial charge is 0.217 e. The van der Waals surface area contributed by atoms with Crippen LogP contribution in [-0.2, 0) is 7.05 Å². The Kier molecular flexibility index (Phi) is 2.93. The number of ether oxygens (including phenoxy) is 1. The van der Waals surface area contributed by atoms with Gasteiger partial charge in [-0.15, -0.1) is 0 Å². The van der Waals surface area contributed by atoms with Gasteiger partial charge in [0.15, 0.2) is 0 Å². The van der Waals surface area contributed by atoms with Gasteiger partial charge in [0, 0.05) is 7.05 Å². The van der Waals surface area contributed by atoms with E-state index >= 15 is 0 Å². The van der Waals surface area contributed by atoms with E-state index in [9.17, 15) is 5.11 Å². The summed E-state index contributed by atoms with van der Waals surface area (Å²) in [6.45, 7) is 3.80. The highest BCUT2D eigenvalue weighted by atomic mass is 16.5. The molecule has 0 spiro atoms. The number of methoxy groups -OCH3 is 1. The molecule has 0 aromatic carbocycles. The number of nitrogens with zero attached hydrogens (tertiary/aromatic N) is 2. The van der Waals surface area contributed by atoms with E-state index in [-0.39, 0.29) is 0 Å². The van der Waals surface area contributed by atoms with Crippen LogP contribution in [0.4, 0.5) is 0 Å². The van der Waals surface area contributed by atoms with Crippen molar-refractivity contribution in [3.05, 3.63) is 11.3 Å². The van der Waals surface area contributed by atoms with Crippen molar-refractivity contribution in [1.29, 1.82) is 0 Å². The predicted octanol–water partition coefficient (Wildman–Crippen LogP) is 1.18. The van der Waals surface area contributed by atoms with E-state index in [4.69, 9.17) is 4.74 Å². The van der Waals surface area contributed by atoms with Crippen LogP contribution < -0.4 is 4.74 Å². The fraction of sp³-hybridized carbons (Fsp3) is 0.667. The minimum Gasteiger partial charge on any atom is -0.481 e. The maximum Gasteiger partial charge on any atom is 0.217 e. The molecule has 4 heteroatoms. The van der Waals surface area contributed by atoms with Gasteiger partial charge in [0.25, 0.3) is 0 Å². The highest BCUT2D eigenvalue weighted by Gasteiger charge is 2.19. The van der Waals surface area contributed by atoms with E-state index in [1.165, 1.54) is 0 Å². The molecule has 13 heavy (non-hydrogen) atoms. The Morgan fingerprint density at radius 3 is 2.69 bits per heavy atom. The van der Waals surface area contributed by atoms with Gasteiger partial charge in [0.2, 0.25) is 5.88 Å². The van der Waals surface area contributed by atoms with Crippen molar-refractivity contribution in [3.8, 4) is 5.88 Å². The van der Waals surface area contributed by atoms with Crippen molar-refractivity contribution in [3.63, 3.8) is 0 Å². The number of hydrogen-bond donors (Lipinski definition) is 1. The molecule has 0 bridgehead atoms. The van der Waals surface area contributed by atoms with Gasteiger partial charge in [-0.25, -0.2) is 4.68 Å². The molecule has 74 valence electrons. The summed E-state index contributed by atoms with van der Waals surface area (Å²) in [6, 6.07) is 0. The zero-order valence-corrected chi connectivity index (χ0v) is 8.53. The van der Waals surface area contributed by atoms with Gasteiger partial charge in [-0.05, 0) is 13.3 Å². The lowest BCUT2D eigenvalue weighted by Gasteiger charge is -2.09. The van der Waals surface area contributed by atoms with Crippen molar-refractivity contribution < 1.29 is 9.84 Å². The molecule has 0 fully saturated rings. The third-order valence-electron chi connectivity index (χ3n) is 2.13. The molecule has 1 N–H and O–H groups in total. The Balaban J connectivity index is 3.16. The zero-order chi connectivity index (χ0) is 10.0. The summed E-state index contributed by atoms with van der Waals surface area (Å²) in [5.41, 5.74) is 1.63. The molecule has 1 unspecified atom stereocenters. The van der Waals surface area contributed by atoms with E-state index in [1.807, 2.05) is 13.8 Å². The largest absolute Gasteiger partial charge is 0.481 e. The Bertz CT molecular complexity index is 294. The molecule has 0 aliphatic carbocycles. The third kappa shape index (κ3) is 1.67. The van der Waals surface area contributed by atoms with Crippen LogP contribution >= 0.6 is 0 Å². The van der Waals surface area contributed by atoms with Crippen LogP contribution in [0.25, 0.3) is 0 Å². The first-order valence-corrected chi connectivity index (χ1v) is 4.37. The van der Waals surface area contributed by atoms with E-state index in [0.29, 0.717) is 12.3 Å². The third-order valence-corrected chi connectivity index (χ3v) is 2.13. The number of aromatic nitrogens is 2. The van der Waals surface area contributed by atoms with Gasteiger partial charge in [-0.3, -0.25) is 0 Å². The van der Waals surface area contributed by atoms with Crippen LogP contribution in [0.3, 0.4) is 0 Å². The highest BCUT2D eigenvalue weighted by molar-refractivity contribution is 5.32. The van der Waals surface area contributed by atoms with Crippen molar-refractivity contribution in [1.82, 2.24) is 9.78 Å². The topological polar surface area (TPSA) is 47.3 Å². The number of aryl methyl sites for hydroxylation is 2. The fourth-order valence-electron chi connectivity index (χ4n) is 1.48. The van der Waals surface area contributed by atoms with Crippen molar-refractivity contribution >= 4 is 0 Å². The van der Waals surface area contributed by atoms with E-state index < -0.39 is 6.10 Å². The van der Waals surface area contributed by atoms with Crippen LogP contribution in [0.2, 0.25) is 0 Å². The molecule has 1 aromatic rings. The molecule has 0 aliphatic rings. The lowest BCUT2D eigenvalue weighted by molar-refractivity contribution is 0.168. The molecule has 1 aromatic heterocycles. The summed E-state index contributed by atoms with van der Waals surface area (Å²) in [4.78, 5) is 0. The van der Waals surface area contributed by atoms with Gasteiger partial charge in [-0.2, -0.15) is 5.10 Å². The summed E-state index contributed by atoms with van der Waals surface area (Å²) >= 11 is 0. The predicted molar refractivity (Wildman–Crippen MR) is 49.7 cm³/mol. The number of hydrogen-bond acceptors (Lipinski definition) is 3. The Labute approximate surface area is 78.1 Å². The van der Waals surface area contributed by atoms with E-state index in [2.05, 4.69) is 5.10 Å². The van der Waals surface area contributed by atoms with Gasteiger partial charge in [0.05, 0.1) is 24.5 Å². The van der Waals surface area contributed by atoms with Crippen molar-refractivity contribution in [2.45, 2.75) is 26.4 Å². The molecule has 1 atom stereocenters. The first-order valence-electron chi connectivity index (χ1n) is 4.37. The van der Waals surface area contributed by atoms with Crippen LogP contribution in [0.1, 0.15) is 30.7 Å². The standard InChI is InChI=1S/C9H16N2O2/c1-5-7(12)8-6(2)10-11(3)9(8)13-4/h7,12H,5H2,1-4H3. The van der Waals surface area contributed by atoms with E-state index in [1.54, 1.807) is 18.8 Å². The number of aliphatic hydroxyl groups excluding tert-OH is 1. The molecular formula is C9H16N2O2. The van der Waals surface area contributed by atoms with Gasteiger partial charge in [0.1, 0.15) is 0 Å². The number of aliphatic hydroxyl groups is 1. The van der Waals surface area contributed by atoms with Crippen LogP contribution in [-0.4, -0.2) is 22.0 Å². The SMILES string of the molecule is CCC(O)c1c(C)nn(C)c1OC. The lowest BCUT2D eigenvalue weighted by Crippen LogP contribution is -2.00. The second-order valence-electron chi connectivity index (χ2n) is 3.06. The number of rotatable bonds is 3. The second kappa shape index (κ2) is 3.79. The van der Waals surface area contributed by atoms with Gasteiger partial charge < -0.3 is 9.84 Å². The average molecular weight is 184 g/mol. The maximum absolute atomic E-state index is 9.70. The highest BCUT2D eigenvalue weighted by Crippen LogP contribution is 2.29. The molecule has 1 heterocycles. The summed E-state index contributed by atoms with van der Waals surface area (Å²) < 4.78 is 6.80. The quantitative estimate of drug-likeness (QED) is 0.767. The molecule has 0 amide bonds. The van der Waals surface area contributed by atoms with Crippen molar-refractivity contribution in [2.75, 3.05) is 7.11 Å². The summed E-state index contributed by atoms with van der Waals surface area (Å²) in [6.07, 6.45) is 0.187. The second-order valence-corrected chi connectivity index (χ2v) is 3.06. The van der Waals surface area contributed by atoms with E-state index in [0.717, 1.165) is 11.3 Å². The van der Waals surface area contributed by atoms with Crippen LogP contribution in [0.5, 0.6) is 5.88 Å². The van der Waals surface area contributed by atoms with Gasteiger partial charge in [-0.1, -0.05) is 6.92 Å². The Hall–Kier alpha value is -1.03. The van der Waals surface area contributed by atoms with Crippen LogP contribution in [0, 0.1) is 6.92 Å². The van der Waals surface area contributed by atoms with Crippen LogP contribution in [0.15, 0.2) is 0 Å². The monoisotopic (exact) mass is 184 g/mol. The molecule has 4 nitrogen and oxygen atoms in total. The molecule has 0 saturated carbocycles. The molecule has 0 aliphatic heterocycles. The molecule has 0 radical (unpaired) electrons. The molecule has 0 saturated heterocycles. The molecule has 1 rings (SSSR count). The summed E-state index contributed by atoms with van der Waals surface area (Å²) in [7, 11) is 3.39.